The van der Waals surface area contributed by atoms with Crippen LogP contribution in [0.25, 0.3) is 27.8 Å². The highest BCUT2D eigenvalue weighted by Gasteiger charge is 2.24. The molecule has 0 unspecified atom stereocenters. The van der Waals surface area contributed by atoms with Crippen molar-refractivity contribution in [1.29, 1.82) is 0 Å². The first-order valence-electron chi connectivity index (χ1n) is 11.0. The van der Waals surface area contributed by atoms with Crippen molar-refractivity contribution in [2.75, 3.05) is 41.5 Å². The molecule has 0 aliphatic carbocycles. The summed E-state index contributed by atoms with van der Waals surface area (Å²) in [5.41, 5.74) is 5.01. The summed E-state index contributed by atoms with van der Waals surface area (Å²) in [7, 11) is 6.41. The van der Waals surface area contributed by atoms with E-state index in [1.54, 1.807) is 39.6 Å². The Bertz CT molecular complexity index is 1280. The van der Waals surface area contributed by atoms with Gasteiger partial charge in [0.05, 0.1) is 43.7 Å². The Kier molecular flexibility index (Phi) is 6.83. The molecule has 0 aliphatic rings. The number of carbonyl (C=O) groups is 1. The van der Waals surface area contributed by atoms with Crippen LogP contribution in [0.5, 0.6) is 11.5 Å². The van der Waals surface area contributed by atoms with Crippen LogP contribution in [0.2, 0.25) is 0 Å². The van der Waals surface area contributed by atoms with Crippen LogP contribution in [-0.2, 0) is 11.3 Å². The summed E-state index contributed by atoms with van der Waals surface area (Å²) in [6.45, 7) is 3.77. The average molecular weight is 464 g/mol. The third-order valence-electron chi connectivity index (χ3n) is 5.80. The number of hydrogen-bond acceptors (Lipinski definition) is 6. The molecule has 0 spiro atoms. The topological polar surface area (TPSA) is 83.6 Å². The number of aromatic nitrogens is 4. The molecule has 0 fully saturated rings. The number of nitrogens with zero attached hydrogens (tertiary/aromatic N) is 5. The normalized spacial score (nSPS) is 11.1. The number of imidazole rings is 1. The summed E-state index contributed by atoms with van der Waals surface area (Å²) >= 11 is 0. The van der Waals surface area contributed by atoms with E-state index in [1.807, 2.05) is 45.9 Å². The summed E-state index contributed by atoms with van der Waals surface area (Å²) in [6.07, 6.45) is 5.63. The van der Waals surface area contributed by atoms with Crippen LogP contribution in [-0.4, -0.2) is 71.7 Å². The molecule has 0 atom stereocenters. The maximum Gasteiger partial charge on any atom is 0.261 e. The summed E-state index contributed by atoms with van der Waals surface area (Å²) < 4.78 is 20.1. The minimum absolute atomic E-state index is 0.204. The number of fused-ring (bicyclic) bond motifs is 1. The first kappa shape index (κ1) is 23.3. The Balaban J connectivity index is 1.74. The molecule has 0 saturated heterocycles. The summed E-state index contributed by atoms with van der Waals surface area (Å²) in [6, 6.07) is 9.76. The molecule has 9 nitrogen and oxygen atoms in total. The van der Waals surface area contributed by atoms with Crippen molar-refractivity contribution >= 4 is 16.9 Å². The molecule has 178 valence electrons. The molecule has 1 amide bonds. The Labute approximate surface area is 198 Å². The SMILES string of the molecule is CCn1cc(-c2ccc3c(c2)ncn3-c2cc(OC)c(C(=O)N(C)CCOC)c(OC)c2)cn1. The van der Waals surface area contributed by atoms with E-state index in [2.05, 4.69) is 23.1 Å². The van der Waals surface area contributed by atoms with Gasteiger partial charge in [0.2, 0.25) is 0 Å². The highest BCUT2D eigenvalue weighted by atomic mass is 16.5. The van der Waals surface area contributed by atoms with E-state index in [4.69, 9.17) is 14.2 Å². The van der Waals surface area contributed by atoms with Crippen molar-refractivity contribution in [2.45, 2.75) is 13.5 Å². The maximum atomic E-state index is 13.1. The molecule has 2 aromatic heterocycles. The molecule has 9 heteroatoms. The molecule has 0 aliphatic heterocycles. The summed E-state index contributed by atoms with van der Waals surface area (Å²) in [5, 5.41) is 4.36. The fraction of sp³-hybridized carbons (Fsp3) is 0.320. The van der Waals surface area contributed by atoms with Gasteiger partial charge in [-0.2, -0.15) is 5.10 Å². The van der Waals surface area contributed by atoms with Crippen molar-refractivity contribution in [2.24, 2.45) is 0 Å². The fourth-order valence-corrected chi connectivity index (χ4v) is 3.85. The Morgan fingerprint density at radius 2 is 1.79 bits per heavy atom. The lowest BCUT2D eigenvalue weighted by molar-refractivity contribution is 0.0737. The van der Waals surface area contributed by atoms with E-state index in [-0.39, 0.29) is 5.91 Å². The second-order valence-electron chi connectivity index (χ2n) is 7.85. The molecule has 2 heterocycles. The molecular formula is C25H29N5O4. The number of aryl methyl sites for hydroxylation is 1. The summed E-state index contributed by atoms with van der Waals surface area (Å²) in [5.74, 6) is 0.646. The number of benzene rings is 2. The number of carbonyl (C=O) groups excluding carboxylic acids is 1. The van der Waals surface area contributed by atoms with Gasteiger partial charge in [-0.05, 0) is 24.6 Å². The minimum Gasteiger partial charge on any atom is -0.496 e. The van der Waals surface area contributed by atoms with Gasteiger partial charge in [-0.1, -0.05) is 6.07 Å². The lowest BCUT2D eigenvalue weighted by Gasteiger charge is -2.21. The number of methoxy groups -OCH3 is 3. The van der Waals surface area contributed by atoms with Crippen molar-refractivity contribution < 1.29 is 19.0 Å². The van der Waals surface area contributed by atoms with Crippen molar-refractivity contribution in [3.8, 4) is 28.3 Å². The van der Waals surface area contributed by atoms with Crippen LogP contribution in [0.15, 0.2) is 49.1 Å². The van der Waals surface area contributed by atoms with Gasteiger partial charge < -0.3 is 19.1 Å². The number of hydrogen-bond donors (Lipinski definition) is 0. The summed E-state index contributed by atoms with van der Waals surface area (Å²) in [4.78, 5) is 19.3. The first-order chi connectivity index (χ1) is 16.5. The molecule has 2 aromatic carbocycles. The van der Waals surface area contributed by atoms with E-state index in [9.17, 15) is 4.79 Å². The zero-order valence-corrected chi connectivity index (χ0v) is 20.1. The standard InChI is InChI=1S/C25H29N5O4/c1-6-29-15-18(14-27-29)17-7-8-21-20(11-17)26-16-30(21)19-12-22(33-4)24(23(13-19)34-5)25(31)28(2)9-10-32-3/h7-8,11-16H,6,9-10H2,1-5H3. The van der Waals surface area contributed by atoms with Crippen LogP contribution in [0.3, 0.4) is 0 Å². The molecule has 0 bridgehead atoms. The second-order valence-corrected chi connectivity index (χ2v) is 7.85. The van der Waals surface area contributed by atoms with Gasteiger partial charge >= 0.3 is 0 Å². The molecule has 4 aromatic rings. The molecule has 0 radical (unpaired) electrons. The third-order valence-corrected chi connectivity index (χ3v) is 5.80. The van der Waals surface area contributed by atoms with Crippen LogP contribution >= 0.6 is 0 Å². The number of amides is 1. The van der Waals surface area contributed by atoms with Gasteiger partial charge in [-0.25, -0.2) is 4.98 Å². The number of ether oxygens (including phenoxy) is 3. The van der Waals surface area contributed by atoms with Gasteiger partial charge in [-0.15, -0.1) is 0 Å². The van der Waals surface area contributed by atoms with Gasteiger partial charge in [0, 0.05) is 51.1 Å². The predicted octanol–water partition coefficient (Wildman–Crippen LogP) is 3.64. The monoisotopic (exact) mass is 463 g/mol. The molecule has 0 N–H and O–H groups in total. The van der Waals surface area contributed by atoms with Crippen molar-refractivity contribution in [1.82, 2.24) is 24.2 Å². The molecular weight excluding hydrogens is 434 g/mol. The van der Waals surface area contributed by atoms with Crippen molar-refractivity contribution in [3.63, 3.8) is 0 Å². The quantitative estimate of drug-likeness (QED) is 0.377. The highest BCUT2D eigenvalue weighted by Crippen LogP contribution is 2.34. The smallest absolute Gasteiger partial charge is 0.261 e. The van der Waals surface area contributed by atoms with Crippen molar-refractivity contribution in [3.05, 3.63) is 54.6 Å². The predicted molar refractivity (Wildman–Crippen MR) is 130 cm³/mol. The third kappa shape index (κ3) is 4.34. The molecule has 0 saturated carbocycles. The molecule has 34 heavy (non-hydrogen) atoms. The first-order valence-corrected chi connectivity index (χ1v) is 11.0. The van der Waals surface area contributed by atoms with Gasteiger partial charge in [0.25, 0.3) is 5.91 Å². The Morgan fingerprint density at radius 3 is 2.41 bits per heavy atom. The lowest BCUT2D eigenvalue weighted by Crippen LogP contribution is -2.30. The minimum atomic E-state index is -0.204. The Hall–Kier alpha value is -3.85. The molecule has 4 rings (SSSR count). The maximum absolute atomic E-state index is 13.1. The van der Waals surface area contributed by atoms with Crippen LogP contribution in [0.1, 0.15) is 17.3 Å². The van der Waals surface area contributed by atoms with Crippen LogP contribution in [0, 0.1) is 0 Å². The van der Waals surface area contributed by atoms with E-state index < -0.39 is 0 Å². The van der Waals surface area contributed by atoms with E-state index in [1.165, 1.54) is 0 Å². The van der Waals surface area contributed by atoms with Gasteiger partial charge in [0.15, 0.2) is 0 Å². The lowest BCUT2D eigenvalue weighted by atomic mass is 10.1. The second kappa shape index (κ2) is 9.96. The van der Waals surface area contributed by atoms with Crippen LogP contribution < -0.4 is 9.47 Å². The fourth-order valence-electron chi connectivity index (χ4n) is 3.85. The van der Waals surface area contributed by atoms with E-state index in [0.717, 1.165) is 34.4 Å². The Morgan fingerprint density at radius 1 is 1.06 bits per heavy atom. The van der Waals surface area contributed by atoms with Crippen LogP contribution in [0.4, 0.5) is 0 Å². The zero-order chi connectivity index (χ0) is 24.2. The highest BCUT2D eigenvalue weighted by molar-refractivity contribution is 6.00. The van der Waals surface area contributed by atoms with Gasteiger partial charge in [0.1, 0.15) is 23.4 Å². The number of rotatable bonds is 9. The zero-order valence-electron chi connectivity index (χ0n) is 20.1. The van der Waals surface area contributed by atoms with E-state index >= 15 is 0 Å². The largest absolute Gasteiger partial charge is 0.496 e. The van der Waals surface area contributed by atoms with E-state index in [0.29, 0.717) is 30.2 Å². The number of likely N-dealkylation sites (N-methyl/N-ethyl adjacent to an activating group) is 1. The average Bonchev–Trinajstić information content (AvgIpc) is 3.52. The van der Waals surface area contributed by atoms with Gasteiger partial charge in [-0.3, -0.25) is 14.0 Å².